The highest BCUT2D eigenvalue weighted by atomic mass is 32.2. The summed E-state index contributed by atoms with van der Waals surface area (Å²) >= 11 is 0. The number of aromatic nitrogens is 1. The van der Waals surface area contributed by atoms with Gasteiger partial charge in [0, 0.05) is 31.0 Å². The molecule has 2 heterocycles. The van der Waals surface area contributed by atoms with Crippen molar-refractivity contribution in [2.45, 2.75) is 12.5 Å². The van der Waals surface area contributed by atoms with Crippen molar-refractivity contribution in [2.75, 3.05) is 25.1 Å². The average Bonchev–Trinajstić information content (AvgIpc) is 2.84. The summed E-state index contributed by atoms with van der Waals surface area (Å²) in [5.74, 6) is 0.440. The number of rotatable bonds is 4. The van der Waals surface area contributed by atoms with Gasteiger partial charge in [-0.15, -0.1) is 0 Å². The zero-order valence-electron chi connectivity index (χ0n) is 10.7. The van der Waals surface area contributed by atoms with E-state index >= 15 is 0 Å². The molecule has 1 aliphatic rings. The molecule has 0 bridgehead atoms. The molecule has 0 N–H and O–H groups in total. The van der Waals surface area contributed by atoms with Gasteiger partial charge < -0.3 is 4.57 Å². The normalized spacial score (nSPS) is 22.5. The Morgan fingerprint density at radius 1 is 1.56 bits per heavy atom. The Balaban J connectivity index is 1.96. The van der Waals surface area contributed by atoms with Gasteiger partial charge in [0.2, 0.25) is 0 Å². The number of hydrogen-bond acceptors (Lipinski definition) is 4. The van der Waals surface area contributed by atoms with Gasteiger partial charge in [0.1, 0.15) is 0 Å². The molecule has 1 aromatic rings. The molecule has 5 nitrogen and oxygen atoms in total. The van der Waals surface area contributed by atoms with E-state index in [1.807, 2.05) is 29.8 Å². The van der Waals surface area contributed by atoms with E-state index in [4.69, 9.17) is 0 Å². The van der Waals surface area contributed by atoms with E-state index in [1.54, 1.807) is 12.3 Å². The monoisotopic (exact) mass is 270 g/mol. The second-order valence-corrected chi connectivity index (χ2v) is 7.19. The Kier molecular flexibility index (Phi) is 3.59. The maximum Gasteiger partial charge on any atom is 0.178 e. The van der Waals surface area contributed by atoms with Gasteiger partial charge in [-0.25, -0.2) is 8.42 Å². The maximum absolute atomic E-state index is 12.0. The first-order chi connectivity index (χ1) is 8.37. The standard InChI is InChI=1S/C12H18N2O3S/c1-13-5-3-10(7-13)12(15)8-14(2)11-4-6-18(16,17)9-11/h3,5,7,11H,4,6,8-9H2,1-2H3. The van der Waals surface area contributed by atoms with Crippen LogP contribution in [0.2, 0.25) is 0 Å². The number of ketones is 1. The molecule has 1 aromatic heterocycles. The van der Waals surface area contributed by atoms with E-state index in [0.29, 0.717) is 12.0 Å². The van der Waals surface area contributed by atoms with Crippen LogP contribution in [0.4, 0.5) is 0 Å². The van der Waals surface area contributed by atoms with Crippen molar-refractivity contribution in [3.8, 4) is 0 Å². The number of hydrogen-bond donors (Lipinski definition) is 0. The van der Waals surface area contributed by atoms with Crippen LogP contribution in [0.25, 0.3) is 0 Å². The molecule has 1 fully saturated rings. The first kappa shape index (κ1) is 13.3. The van der Waals surface area contributed by atoms with Crippen molar-refractivity contribution in [3.63, 3.8) is 0 Å². The molecule has 0 spiro atoms. The molecule has 1 saturated heterocycles. The summed E-state index contributed by atoms with van der Waals surface area (Å²) < 4.78 is 24.6. The number of likely N-dealkylation sites (N-methyl/N-ethyl adjacent to an activating group) is 1. The second kappa shape index (κ2) is 4.85. The number of aryl methyl sites for hydroxylation is 1. The van der Waals surface area contributed by atoms with Gasteiger partial charge in [0.05, 0.1) is 18.1 Å². The predicted octanol–water partition coefficient (Wildman–Crippen LogP) is 0.327. The molecule has 0 aromatic carbocycles. The third-order valence-corrected chi connectivity index (χ3v) is 5.13. The maximum atomic E-state index is 12.0. The van der Waals surface area contributed by atoms with E-state index in [2.05, 4.69) is 0 Å². The Morgan fingerprint density at radius 2 is 2.28 bits per heavy atom. The van der Waals surface area contributed by atoms with Crippen LogP contribution in [0.15, 0.2) is 18.5 Å². The van der Waals surface area contributed by atoms with Gasteiger partial charge in [0.25, 0.3) is 0 Å². The summed E-state index contributed by atoms with van der Waals surface area (Å²) in [5, 5.41) is 0. The molecule has 2 rings (SSSR count). The second-order valence-electron chi connectivity index (χ2n) is 4.96. The predicted molar refractivity (Wildman–Crippen MR) is 69.4 cm³/mol. The van der Waals surface area contributed by atoms with Gasteiger partial charge in [-0.2, -0.15) is 0 Å². The van der Waals surface area contributed by atoms with Crippen LogP contribution in [-0.2, 0) is 16.9 Å². The quantitative estimate of drug-likeness (QED) is 0.740. The van der Waals surface area contributed by atoms with Crippen LogP contribution in [0.1, 0.15) is 16.8 Å². The molecule has 100 valence electrons. The highest BCUT2D eigenvalue weighted by molar-refractivity contribution is 7.91. The van der Waals surface area contributed by atoms with Crippen molar-refractivity contribution in [1.29, 1.82) is 0 Å². The Labute approximate surface area is 107 Å². The number of carbonyl (C=O) groups is 1. The molecule has 1 aliphatic heterocycles. The Hall–Kier alpha value is -1.14. The highest BCUT2D eigenvalue weighted by Gasteiger charge is 2.31. The van der Waals surface area contributed by atoms with Gasteiger partial charge >= 0.3 is 0 Å². The molecule has 0 amide bonds. The molecular formula is C12H18N2O3S. The van der Waals surface area contributed by atoms with Gasteiger partial charge in [-0.05, 0) is 19.5 Å². The highest BCUT2D eigenvalue weighted by Crippen LogP contribution is 2.16. The minimum Gasteiger partial charge on any atom is -0.357 e. The van der Waals surface area contributed by atoms with Gasteiger partial charge in [-0.1, -0.05) is 0 Å². The van der Waals surface area contributed by atoms with Crippen LogP contribution in [0, 0.1) is 0 Å². The zero-order chi connectivity index (χ0) is 13.3. The first-order valence-corrected chi connectivity index (χ1v) is 7.75. The minimum atomic E-state index is -2.89. The van der Waals surface area contributed by atoms with Crippen LogP contribution in [0.3, 0.4) is 0 Å². The Bertz CT molecular complexity index is 547. The average molecular weight is 270 g/mol. The van der Waals surface area contributed by atoms with Crippen LogP contribution in [-0.4, -0.2) is 54.8 Å². The van der Waals surface area contributed by atoms with E-state index in [1.165, 1.54) is 0 Å². The lowest BCUT2D eigenvalue weighted by Gasteiger charge is -2.21. The van der Waals surface area contributed by atoms with Gasteiger partial charge in [-0.3, -0.25) is 9.69 Å². The lowest BCUT2D eigenvalue weighted by Crippen LogP contribution is -2.36. The Morgan fingerprint density at radius 3 is 2.78 bits per heavy atom. The summed E-state index contributed by atoms with van der Waals surface area (Å²) in [6, 6.07) is 1.75. The van der Waals surface area contributed by atoms with Crippen molar-refractivity contribution in [1.82, 2.24) is 9.47 Å². The molecule has 0 saturated carbocycles. The number of sulfone groups is 1. The van der Waals surface area contributed by atoms with Crippen LogP contribution in [0.5, 0.6) is 0 Å². The lowest BCUT2D eigenvalue weighted by atomic mass is 10.2. The summed E-state index contributed by atoms with van der Waals surface area (Å²) in [7, 11) is 0.783. The summed E-state index contributed by atoms with van der Waals surface area (Å²) in [6.45, 7) is 0.268. The number of nitrogens with zero attached hydrogens (tertiary/aromatic N) is 2. The van der Waals surface area contributed by atoms with Crippen molar-refractivity contribution in [3.05, 3.63) is 24.0 Å². The third-order valence-electron chi connectivity index (χ3n) is 3.38. The van der Waals surface area contributed by atoms with E-state index in [-0.39, 0.29) is 29.9 Å². The molecule has 0 radical (unpaired) electrons. The minimum absolute atomic E-state index is 0.0253. The summed E-state index contributed by atoms with van der Waals surface area (Å²) in [4.78, 5) is 13.8. The SMILES string of the molecule is CN(CC(=O)c1ccn(C)c1)C1CCS(=O)(=O)C1. The molecule has 1 atom stereocenters. The molecule has 6 heteroatoms. The lowest BCUT2D eigenvalue weighted by molar-refractivity contribution is 0.0926. The summed E-state index contributed by atoms with van der Waals surface area (Å²) in [5.41, 5.74) is 0.671. The van der Waals surface area contributed by atoms with Crippen molar-refractivity contribution >= 4 is 15.6 Å². The number of Topliss-reactive ketones (excluding diaryl/α,β-unsaturated/α-hetero) is 1. The smallest absolute Gasteiger partial charge is 0.178 e. The van der Waals surface area contributed by atoms with E-state index < -0.39 is 9.84 Å². The fourth-order valence-electron chi connectivity index (χ4n) is 2.24. The molecular weight excluding hydrogens is 252 g/mol. The van der Waals surface area contributed by atoms with Gasteiger partial charge in [0.15, 0.2) is 15.6 Å². The van der Waals surface area contributed by atoms with Crippen molar-refractivity contribution < 1.29 is 13.2 Å². The zero-order valence-corrected chi connectivity index (χ0v) is 11.5. The largest absolute Gasteiger partial charge is 0.357 e. The third kappa shape index (κ3) is 3.00. The van der Waals surface area contributed by atoms with Crippen LogP contribution < -0.4 is 0 Å². The number of carbonyl (C=O) groups excluding carboxylic acids is 1. The van der Waals surface area contributed by atoms with E-state index in [0.717, 1.165) is 0 Å². The topological polar surface area (TPSA) is 59.4 Å². The fraction of sp³-hybridized carbons (Fsp3) is 0.583. The molecule has 18 heavy (non-hydrogen) atoms. The van der Waals surface area contributed by atoms with E-state index in [9.17, 15) is 13.2 Å². The molecule has 0 aliphatic carbocycles. The fourth-order valence-corrected chi connectivity index (χ4v) is 4.04. The summed E-state index contributed by atoms with van der Waals surface area (Å²) in [6.07, 6.45) is 4.23. The first-order valence-electron chi connectivity index (χ1n) is 5.93. The van der Waals surface area contributed by atoms with Crippen molar-refractivity contribution in [2.24, 2.45) is 7.05 Å². The van der Waals surface area contributed by atoms with Crippen LogP contribution >= 0.6 is 0 Å². The molecule has 1 unspecified atom stereocenters.